The van der Waals surface area contributed by atoms with Crippen molar-refractivity contribution in [1.29, 1.82) is 0 Å². The Kier molecular flexibility index (Phi) is 4.47. The molecule has 2 aromatic carbocycles. The summed E-state index contributed by atoms with van der Waals surface area (Å²) in [6.45, 7) is 0.523. The maximum absolute atomic E-state index is 12.4. The van der Waals surface area contributed by atoms with Gasteiger partial charge >= 0.3 is 7.41 Å². The SMILES string of the molecule is O=C([B]N1CCc2ccccc2C1=O)Nc1ccccc1I. The predicted molar refractivity (Wildman–Crippen MR) is 95.1 cm³/mol. The fourth-order valence-corrected chi connectivity index (χ4v) is 2.96. The largest absolute Gasteiger partial charge is 0.376 e. The van der Waals surface area contributed by atoms with Crippen LogP contribution in [-0.2, 0) is 6.42 Å². The number of carbonyl (C=O) groups excluding carboxylic acids is 2. The summed E-state index contributed by atoms with van der Waals surface area (Å²) in [5.41, 5.74) is 2.46. The molecular weight excluding hydrogens is 390 g/mol. The van der Waals surface area contributed by atoms with Gasteiger partial charge in [0.25, 0.3) is 0 Å². The van der Waals surface area contributed by atoms with Crippen LogP contribution in [0.25, 0.3) is 0 Å². The Morgan fingerprint density at radius 2 is 1.86 bits per heavy atom. The molecule has 3 rings (SSSR count). The summed E-state index contributed by atoms with van der Waals surface area (Å²) in [6, 6.07) is 15.0. The monoisotopic (exact) mass is 403 g/mol. The number of carbonyl (C=O) groups is 2. The molecular formula is C16H13BIN2O2. The highest BCUT2D eigenvalue weighted by molar-refractivity contribution is 14.1. The van der Waals surface area contributed by atoms with Crippen LogP contribution in [0.5, 0.6) is 0 Å². The van der Waals surface area contributed by atoms with E-state index in [4.69, 9.17) is 0 Å². The Balaban J connectivity index is 1.68. The zero-order valence-corrected chi connectivity index (χ0v) is 13.9. The third-order valence-corrected chi connectivity index (χ3v) is 4.48. The van der Waals surface area contributed by atoms with Crippen molar-refractivity contribution in [2.45, 2.75) is 6.42 Å². The fourth-order valence-electron chi connectivity index (χ4n) is 2.44. The summed E-state index contributed by atoms with van der Waals surface area (Å²) in [6.07, 6.45) is 0.758. The lowest BCUT2D eigenvalue weighted by Gasteiger charge is -2.27. The number of nitrogens with zero attached hydrogens (tertiary/aromatic N) is 1. The third-order valence-electron chi connectivity index (χ3n) is 3.54. The Hall–Kier alpha value is -1.83. The Bertz CT molecular complexity index is 736. The van der Waals surface area contributed by atoms with Gasteiger partial charge in [-0.2, -0.15) is 0 Å². The third kappa shape index (κ3) is 3.16. The fraction of sp³-hybridized carbons (Fsp3) is 0.125. The van der Waals surface area contributed by atoms with Crippen molar-refractivity contribution < 1.29 is 9.59 Å². The molecule has 4 nitrogen and oxygen atoms in total. The van der Waals surface area contributed by atoms with Crippen molar-refractivity contribution in [2.75, 3.05) is 11.9 Å². The molecule has 0 saturated heterocycles. The van der Waals surface area contributed by atoms with Gasteiger partial charge in [0.15, 0.2) is 5.81 Å². The number of halogens is 1. The normalized spacial score (nSPS) is 13.5. The van der Waals surface area contributed by atoms with E-state index in [2.05, 4.69) is 27.9 Å². The highest BCUT2D eigenvalue weighted by Gasteiger charge is 2.26. The molecule has 0 unspecified atom stereocenters. The highest BCUT2D eigenvalue weighted by Crippen LogP contribution is 2.19. The van der Waals surface area contributed by atoms with Crippen LogP contribution in [0.2, 0.25) is 0 Å². The molecule has 1 aliphatic rings. The van der Waals surface area contributed by atoms with Crippen LogP contribution in [0.3, 0.4) is 0 Å². The van der Waals surface area contributed by atoms with Crippen LogP contribution in [0, 0.1) is 3.57 Å². The summed E-state index contributed by atoms with van der Waals surface area (Å²) >= 11 is 2.16. The minimum atomic E-state index is -0.295. The molecule has 1 heterocycles. The first-order valence-electron chi connectivity index (χ1n) is 6.94. The molecule has 0 spiro atoms. The van der Waals surface area contributed by atoms with E-state index in [0.29, 0.717) is 12.1 Å². The van der Waals surface area contributed by atoms with E-state index in [-0.39, 0.29) is 11.7 Å². The Labute approximate surface area is 143 Å². The van der Waals surface area contributed by atoms with E-state index in [1.807, 2.05) is 42.5 Å². The number of hydrogen-bond acceptors (Lipinski definition) is 2. The summed E-state index contributed by atoms with van der Waals surface area (Å²) in [7, 11) is 1.35. The van der Waals surface area contributed by atoms with E-state index >= 15 is 0 Å². The van der Waals surface area contributed by atoms with Crippen LogP contribution in [0.1, 0.15) is 15.9 Å². The molecule has 2 aromatic rings. The van der Waals surface area contributed by atoms with E-state index in [1.54, 1.807) is 6.07 Å². The molecule has 0 atom stereocenters. The summed E-state index contributed by atoms with van der Waals surface area (Å²) < 4.78 is 0.956. The van der Waals surface area contributed by atoms with Crippen LogP contribution in [-0.4, -0.2) is 30.5 Å². The molecule has 22 heavy (non-hydrogen) atoms. The number of amides is 2. The lowest BCUT2D eigenvalue weighted by Crippen LogP contribution is -2.44. The molecule has 1 aliphatic heterocycles. The van der Waals surface area contributed by atoms with Gasteiger partial charge in [0.05, 0.1) is 5.69 Å². The van der Waals surface area contributed by atoms with Crippen LogP contribution in [0.15, 0.2) is 48.5 Å². The maximum atomic E-state index is 12.4. The van der Waals surface area contributed by atoms with Gasteiger partial charge in [-0.3, -0.25) is 9.59 Å². The second-order valence-electron chi connectivity index (χ2n) is 5.00. The number of anilines is 1. The van der Waals surface area contributed by atoms with E-state index in [0.717, 1.165) is 21.2 Å². The zero-order valence-electron chi connectivity index (χ0n) is 11.8. The molecule has 0 aromatic heterocycles. The van der Waals surface area contributed by atoms with E-state index < -0.39 is 0 Å². The van der Waals surface area contributed by atoms with Gasteiger partial charge in [-0.05, 0) is 52.8 Å². The molecule has 109 valence electrons. The Morgan fingerprint density at radius 3 is 2.68 bits per heavy atom. The second-order valence-corrected chi connectivity index (χ2v) is 6.17. The van der Waals surface area contributed by atoms with Crippen LogP contribution < -0.4 is 5.32 Å². The standard InChI is InChI=1S/C16H13BIN2O2/c18-13-7-3-4-8-14(13)19-16(22)17-20-10-9-11-5-1-2-6-12(11)15(20)21/h1-8H,9-10H2,(H,19,22). The molecule has 0 saturated carbocycles. The van der Waals surface area contributed by atoms with E-state index in [9.17, 15) is 9.59 Å². The lowest BCUT2D eigenvalue weighted by molar-refractivity contribution is 0.0847. The van der Waals surface area contributed by atoms with Crippen molar-refractivity contribution >= 4 is 47.4 Å². The molecule has 0 aliphatic carbocycles. The molecule has 1 radical (unpaired) electrons. The van der Waals surface area contributed by atoms with E-state index in [1.165, 1.54) is 12.2 Å². The predicted octanol–water partition coefficient (Wildman–Crippen LogP) is 3.14. The average molecular weight is 403 g/mol. The van der Waals surface area contributed by atoms with Crippen molar-refractivity contribution in [3.05, 3.63) is 63.2 Å². The average Bonchev–Trinajstić information content (AvgIpc) is 2.53. The highest BCUT2D eigenvalue weighted by atomic mass is 127. The number of rotatable bonds is 3. The first kappa shape index (κ1) is 15.1. The van der Waals surface area contributed by atoms with Crippen molar-refractivity contribution in [2.24, 2.45) is 0 Å². The van der Waals surface area contributed by atoms with Gasteiger partial charge in [-0.15, -0.1) is 0 Å². The minimum absolute atomic E-state index is 0.125. The van der Waals surface area contributed by atoms with Gasteiger partial charge in [0.2, 0.25) is 5.91 Å². The van der Waals surface area contributed by atoms with Gasteiger partial charge in [-0.1, -0.05) is 30.3 Å². The number of benzene rings is 2. The number of fused-ring (bicyclic) bond motifs is 1. The topological polar surface area (TPSA) is 49.4 Å². The van der Waals surface area contributed by atoms with Crippen LogP contribution in [0.4, 0.5) is 10.5 Å². The second kappa shape index (κ2) is 6.52. The van der Waals surface area contributed by atoms with Gasteiger partial charge in [0, 0.05) is 15.7 Å². The Morgan fingerprint density at radius 1 is 1.14 bits per heavy atom. The molecule has 2 amide bonds. The van der Waals surface area contributed by atoms with Crippen molar-refractivity contribution in [3.63, 3.8) is 0 Å². The number of hydrogen-bond donors (Lipinski definition) is 1. The summed E-state index contributed by atoms with van der Waals surface area (Å²) in [5.74, 6) is -0.420. The van der Waals surface area contributed by atoms with Gasteiger partial charge < -0.3 is 10.1 Å². The molecule has 0 fully saturated rings. The number of nitrogens with one attached hydrogen (secondary N) is 1. The maximum Gasteiger partial charge on any atom is 0.367 e. The lowest BCUT2D eigenvalue weighted by atomic mass is 9.84. The minimum Gasteiger partial charge on any atom is -0.376 e. The summed E-state index contributed by atoms with van der Waals surface area (Å²) in [4.78, 5) is 26.0. The van der Waals surface area contributed by atoms with Crippen molar-refractivity contribution in [3.8, 4) is 0 Å². The first-order valence-corrected chi connectivity index (χ1v) is 8.02. The zero-order chi connectivity index (χ0) is 15.5. The number of para-hydroxylation sites is 1. The van der Waals surface area contributed by atoms with Gasteiger partial charge in [0.1, 0.15) is 0 Å². The smallest absolute Gasteiger partial charge is 0.367 e. The molecule has 0 bridgehead atoms. The van der Waals surface area contributed by atoms with Crippen LogP contribution >= 0.6 is 22.6 Å². The van der Waals surface area contributed by atoms with Gasteiger partial charge in [-0.25, -0.2) is 0 Å². The van der Waals surface area contributed by atoms with Crippen molar-refractivity contribution in [1.82, 2.24) is 4.81 Å². The quantitative estimate of drug-likeness (QED) is 0.633. The molecule has 1 N–H and O–H groups in total. The summed E-state index contributed by atoms with van der Waals surface area (Å²) in [5, 5.41) is 2.81. The first-order chi connectivity index (χ1) is 10.6. The molecule has 6 heteroatoms.